The maximum atomic E-state index is 11.3. The van der Waals surface area contributed by atoms with E-state index in [1.807, 2.05) is 12.1 Å². The van der Waals surface area contributed by atoms with Crippen LogP contribution in [-0.2, 0) is 9.84 Å². The highest BCUT2D eigenvalue weighted by molar-refractivity contribution is 7.90. The zero-order chi connectivity index (χ0) is 15.6. The lowest BCUT2D eigenvalue weighted by Gasteiger charge is -2.15. The molecule has 2 rings (SSSR count). The third kappa shape index (κ3) is 3.91. The van der Waals surface area contributed by atoms with Gasteiger partial charge in [0.05, 0.1) is 5.75 Å². The molecule has 1 atom stereocenters. The van der Waals surface area contributed by atoms with Crippen LogP contribution in [0.1, 0.15) is 17.4 Å². The monoisotopic (exact) mass is 308 g/mol. The maximum absolute atomic E-state index is 11.3. The van der Waals surface area contributed by atoms with Gasteiger partial charge in [0, 0.05) is 17.7 Å². The summed E-state index contributed by atoms with van der Waals surface area (Å²) in [4.78, 5) is 15.2. The highest BCUT2D eigenvalue weighted by Crippen LogP contribution is 2.23. The van der Waals surface area contributed by atoms with E-state index in [1.54, 1.807) is 19.1 Å². The van der Waals surface area contributed by atoms with E-state index < -0.39 is 15.8 Å². The van der Waals surface area contributed by atoms with Gasteiger partial charge in [-0.1, -0.05) is 24.3 Å². The van der Waals surface area contributed by atoms with Crippen molar-refractivity contribution in [1.82, 2.24) is 4.98 Å². The maximum Gasteiger partial charge on any atom is 0.354 e. The van der Waals surface area contributed by atoms with Crippen LogP contribution in [0.25, 0.3) is 10.8 Å². The van der Waals surface area contributed by atoms with Gasteiger partial charge in [0.1, 0.15) is 15.7 Å². The van der Waals surface area contributed by atoms with Crippen LogP contribution >= 0.6 is 0 Å². The Balaban J connectivity index is 2.44. The fourth-order valence-corrected chi connectivity index (χ4v) is 3.14. The number of pyridine rings is 1. The molecule has 0 radical (unpaired) electrons. The van der Waals surface area contributed by atoms with Gasteiger partial charge < -0.3 is 10.4 Å². The zero-order valence-electron chi connectivity index (χ0n) is 11.7. The van der Waals surface area contributed by atoms with Crippen molar-refractivity contribution >= 4 is 32.4 Å². The van der Waals surface area contributed by atoms with E-state index in [0.29, 0.717) is 5.82 Å². The highest BCUT2D eigenvalue weighted by atomic mass is 32.2. The van der Waals surface area contributed by atoms with E-state index in [-0.39, 0.29) is 17.5 Å². The molecule has 2 aromatic rings. The normalized spacial score (nSPS) is 13.0. The number of carbonyl (C=O) groups is 1. The Morgan fingerprint density at radius 1 is 1.38 bits per heavy atom. The quantitative estimate of drug-likeness (QED) is 0.874. The second kappa shape index (κ2) is 5.69. The number of benzene rings is 1. The van der Waals surface area contributed by atoms with Crippen molar-refractivity contribution in [3.8, 4) is 0 Å². The molecule has 0 aliphatic heterocycles. The average Bonchev–Trinajstić information content (AvgIpc) is 2.36. The number of aromatic carboxylic acids is 1. The van der Waals surface area contributed by atoms with Crippen LogP contribution < -0.4 is 5.32 Å². The first-order valence-electron chi connectivity index (χ1n) is 6.33. The molecule has 1 aromatic heterocycles. The number of fused-ring (bicyclic) bond motifs is 1. The third-order valence-corrected chi connectivity index (χ3v) is 4.00. The Morgan fingerprint density at radius 2 is 2.05 bits per heavy atom. The minimum atomic E-state index is -3.13. The summed E-state index contributed by atoms with van der Waals surface area (Å²) in [5, 5.41) is 13.6. The summed E-state index contributed by atoms with van der Waals surface area (Å²) in [7, 11) is -3.13. The van der Waals surface area contributed by atoms with E-state index >= 15 is 0 Å². The van der Waals surface area contributed by atoms with Crippen LogP contribution in [0.5, 0.6) is 0 Å². The number of carboxylic acids is 1. The standard InChI is InChI=1S/C14H16N2O4S/c1-9(8-21(2,19)20)15-13-11-6-4-3-5-10(11)7-12(16-13)14(17)18/h3-7,9H,8H2,1-2H3,(H,15,16)(H,17,18). The number of sulfone groups is 1. The van der Waals surface area contributed by atoms with Crippen molar-refractivity contribution in [3.05, 3.63) is 36.0 Å². The number of hydrogen-bond acceptors (Lipinski definition) is 5. The number of nitrogens with one attached hydrogen (secondary N) is 1. The Labute approximate surface area is 122 Å². The molecule has 1 heterocycles. The summed E-state index contributed by atoms with van der Waals surface area (Å²) >= 11 is 0. The Hall–Kier alpha value is -2.15. The van der Waals surface area contributed by atoms with Crippen LogP contribution in [0.15, 0.2) is 30.3 Å². The van der Waals surface area contributed by atoms with Crippen molar-refractivity contribution in [2.45, 2.75) is 13.0 Å². The summed E-state index contributed by atoms with van der Waals surface area (Å²) in [5.41, 5.74) is -0.0808. The van der Waals surface area contributed by atoms with E-state index in [4.69, 9.17) is 5.11 Å². The SMILES string of the molecule is CC(CS(C)(=O)=O)Nc1nc(C(=O)O)cc2ccccc12. The number of anilines is 1. The Bertz CT molecular complexity index is 787. The van der Waals surface area contributed by atoms with Crippen LogP contribution in [0.3, 0.4) is 0 Å². The molecule has 0 fully saturated rings. The molecule has 1 unspecified atom stereocenters. The van der Waals surface area contributed by atoms with E-state index in [1.165, 1.54) is 6.07 Å². The first-order valence-corrected chi connectivity index (χ1v) is 8.39. The lowest BCUT2D eigenvalue weighted by atomic mass is 10.1. The van der Waals surface area contributed by atoms with Gasteiger partial charge in [0.25, 0.3) is 0 Å². The fourth-order valence-electron chi connectivity index (χ4n) is 2.15. The van der Waals surface area contributed by atoms with Gasteiger partial charge in [-0.25, -0.2) is 18.2 Å². The van der Waals surface area contributed by atoms with Gasteiger partial charge in [-0.05, 0) is 18.4 Å². The van der Waals surface area contributed by atoms with Crippen molar-refractivity contribution in [2.24, 2.45) is 0 Å². The summed E-state index contributed by atoms with van der Waals surface area (Å²) in [6.07, 6.45) is 1.16. The van der Waals surface area contributed by atoms with Gasteiger partial charge in [0.15, 0.2) is 5.69 Å². The van der Waals surface area contributed by atoms with Crippen LogP contribution in [-0.4, -0.2) is 42.5 Å². The first-order chi connectivity index (χ1) is 9.76. The molecule has 0 aliphatic rings. The predicted molar refractivity (Wildman–Crippen MR) is 81.5 cm³/mol. The molecule has 0 aliphatic carbocycles. The summed E-state index contributed by atoms with van der Waals surface area (Å²) in [6.45, 7) is 1.71. The Morgan fingerprint density at radius 3 is 2.67 bits per heavy atom. The summed E-state index contributed by atoms with van der Waals surface area (Å²) in [5.74, 6) is -0.804. The van der Waals surface area contributed by atoms with Gasteiger partial charge in [0.2, 0.25) is 0 Å². The molecular formula is C14H16N2O4S. The van der Waals surface area contributed by atoms with Gasteiger partial charge in [-0.2, -0.15) is 0 Å². The average molecular weight is 308 g/mol. The van der Waals surface area contributed by atoms with E-state index in [2.05, 4.69) is 10.3 Å². The molecule has 0 bridgehead atoms. The molecule has 0 amide bonds. The van der Waals surface area contributed by atoms with E-state index in [9.17, 15) is 13.2 Å². The Kier molecular flexibility index (Phi) is 4.13. The summed E-state index contributed by atoms with van der Waals surface area (Å²) < 4.78 is 22.6. The number of carboxylic acid groups (broad SMARTS) is 1. The lowest BCUT2D eigenvalue weighted by molar-refractivity contribution is 0.0691. The van der Waals surface area contributed by atoms with Crippen molar-refractivity contribution in [1.29, 1.82) is 0 Å². The second-order valence-electron chi connectivity index (χ2n) is 5.02. The fraction of sp³-hybridized carbons (Fsp3) is 0.286. The van der Waals surface area contributed by atoms with Gasteiger partial charge >= 0.3 is 5.97 Å². The van der Waals surface area contributed by atoms with Gasteiger partial charge in [-0.3, -0.25) is 0 Å². The molecule has 2 N–H and O–H groups in total. The van der Waals surface area contributed by atoms with Crippen LogP contribution in [0, 0.1) is 0 Å². The molecule has 112 valence electrons. The molecule has 21 heavy (non-hydrogen) atoms. The third-order valence-electron chi connectivity index (χ3n) is 2.90. The summed E-state index contributed by atoms with van der Waals surface area (Å²) in [6, 6.07) is 8.33. The van der Waals surface area contributed by atoms with Crippen molar-refractivity contribution < 1.29 is 18.3 Å². The van der Waals surface area contributed by atoms with Crippen LogP contribution in [0.4, 0.5) is 5.82 Å². The minimum absolute atomic E-state index is 0.0553. The van der Waals surface area contributed by atoms with Gasteiger partial charge in [-0.15, -0.1) is 0 Å². The predicted octanol–water partition coefficient (Wildman–Crippen LogP) is 1.78. The lowest BCUT2D eigenvalue weighted by Crippen LogP contribution is -2.25. The molecule has 0 saturated heterocycles. The van der Waals surface area contributed by atoms with Crippen LogP contribution in [0.2, 0.25) is 0 Å². The number of rotatable bonds is 5. The molecule has 1 aromatic carbocycles. The molecule has 6 nitrogen and oxygen atoms in total. The number of hydrogen-bond donors (Lipinski definition) is 2. The molecule has 0 saturated carbocycles. The topological polar surface area (TPSA) is 96.4 Å². The minimum Gasteiger partial charge on any atom is -0.477 e. The smallest absolute Gasteiger partial charge is 0.354 e. The number of aromatic nitrogens is 1. The highest BCUT2D eigenvalue weighted by Gasteiger charge is 2.15. The largest absolute Gasteiger partial charge is 0.477 e. The first kappa shape index (κ1) is 15.2. The van der Waals surface area contributed by atoms with E-state index in [0.717, 1.165) is 17.0 Å². The zero-order valence-corrected chi connectivity index (χ0v) is 12.5. The molecular weight excluding hydrogens is 292 g/mol. The number of nitrogens with zero attached hydrogens (tertiary/aromatic N) is 1. The van der Waals surface area contributed by atoms with Crippen molar-refractivity contribution in [3.63, 3.8) is 0 Å². The van der Waals surface area contributed by atoms with Crippen molar-refractivity contribution in [2.75, 3.05) is 17.3 Å². The second-order valence-corrected chi connectivity index (χ2v) is 7.21. The molecule has 7 heteroatoms. The molecule has 0 spiro atoms.